The Kier molecular flexibility index (Phi) is 5.81. The average Bonchev–Trinajstić information content (AvgIpc) is 2.94. The summed E-state index contributed by atoms with van der Waals surface area (Å²) in [5, 5.41) is 3.44. The van der Waals surface area contributed by atoms with E-state index in [0.717, 1.165) is 38.0 Å². The van der Waals surface area contributed by atoms with E-state index < -0.39 is 0 Å². The van der Waals surface area contributed by atoms with Gasteiger partial charge in [0, 0.05) is 24.3 Å². The lowest BCUT2D eigenvalue weighted by Gasteiger charge is -2.23. The molecule has 1 fully saturated rings. The molecule has 3 nitrogen and oxygen atoms in total. The van der Waals surface area contributed by atoms with Crippen LogP contribution in [0.25, 0.3) is 0 Å². The van der Waals surface area contributed by atoms with E-state index >= 15 is 0 Å². The van der Waals surface area contributed by atoms with Crippen molar-refractivity contribution in [3.8, 4) is 5.75 Å². The molecule has 0 saturated carbocycles. The molecule has 0 bridgehead atoms. The van der Waals surface area contributed by atoms with Crippen molar-refractivity contribution in [3.05, 3.63) is 28.0 Å². The quantitative estimate of drug-likeness (QED) is 0.850. The molecule has 5 heteroatoms. The molecule has 112 valence electrons. The summed E-state index contributed by atoms with van der Waals surface area (Å²) >= 11 is 3.25. The smallest absolute Gasteiger partial charge is 0.141 e. The number of benzene rings is 1. The molecule has 1 aromatic carbocycles. The highest BCUT2D eigenvalue weighted by molar-refractivity contribution is 9.10. The first kappa shape index (κ1) is 15.7. The monoisotopic (exact) mass is 345 g/mol. The molecule has 1 heterocycles. The maximum absolute atomic E-state index is 13.6. The fourth-order valence-electron chi connectivity index (χ4n) is 2.65. The first-order chi connectivity index (χ1) is 9.65. The summed E-state index contributed by atoms with van der Waals surface area (Å²) in [5.41, 5.74) is 0.970. The zero-order valence-corrected chi connectivity index (χ0v) is 13.5. The molecule has 20 heavy (non-hydrogen) atoms. The third-order valence-electron chi connectivity index (χ3n) is 3.62. The van der Waals surface area contributed by atoms with Gasteiger partial charge in [-0.2, -0.15) is 0 Å². The highest BCUT2D eigenvalue weighted by Crippen LogP contribution is 2.34. The van der Waals surface area contributed by atoms with E-state index in [2.05, 4.69) is 28.2 Å². The SMILES string of the molecule is CCNC(CC1CCCO1)c1cc(Br)c(F)cc1OC. The van der Waals surface area contributed by atoms with Gasteiger partial charge >= 0.3 is 0 Å². The number of rotatable bonds is 6. The fourth-order valence-corrected chi connectivity index (χ4v) is 3.01. The average molecular weight is 346 g/mol. The molecular formula is C15H21BrFNO2. The van der Waals surface area contributed by atoms with Crippen LogP contribution in [0.5, 0.6) is 5.75 Å². The minimum atomic E-state index is -0.307. The highest BCUT2D eigenvalue weighted by Gasteiger charge is 2.24. The van der Waals surface area contributed by atoms with E-state index in [1.165, 1.54) is 6.07 Å². The van der Waals surface area contributed by atoms with Gasteiger partial charge < -0.3 is 14.8 Å². The van der Waals surface area contributed by atoms with Gasteiger partial charge in [-0.15, -0.1) is 0 Å². The summed E-state index contributed by atoms with van der Waals surface area (Å²) in [5.74, 6) is 0.271. The molecule has 0 radical (unpaired) electrons. The van der Waals surface area contributed by atoms with Crippen molar-refractivity contribution in [2.75, 3.05) is 20.3 Å². The number of hydrogen-bond donors (Lipinski definition) is 1. The summed E-state index contributed by atoms with van der Waals surface area (Å²) in [6, 6.07) is 3.34. The number of halogens is 2. The predicted molar refractivity (Wildman–Crippen MR) is 80.7 cm³/mol. The lowest BCUT2D eigenvalue weighted by molar-refractivity contribution is 0.0944. The van der Waals surface area contributed by atoms with E-state index in [-0.39, 0.29) is 18.0 Å². The molecular weight excluding hydrogens is 325 g/mol. The Balaban J connectivity index is 2.24. The zero-order valence-electron chi connectivity index (χ0n) is 11.9. The Hall–Kier alpha value is -0.650. The molecule has 1 N–H and O–H groups in total. The minimum Gasteiger partial charge on any atom is -0.496 e. The topological polar surface area (TPSA) is 30.5 Å². The first-order valence-corrected chi connectivity index (χ1v) is 7.83. The van der Waals surface area contributed by atoms with Crippen LogP contribution >= 0.6 is 15.9 Å². The molecule has 1 aliphatic rings. The largest absolute Gasteiger partial charge is 0.496 e. The third kappa shape index (κ3) is 3.71. The van der Waals surface area contributed by atoms with Crippen LogP contribution in [-0.4, -0.2) is 26.4 Å². The molecule has 1 aromatic rings. The Morgan fingerprint density at radius 3 is 2.95 bits per heavy atom. The summed E-state index contributed by atoms with van der Waals surface area (Å²) in [6.07, 6.45) is 3.36. The Bertz CT molecular complexity index is 450. The van der Waals surface area contributed by atoms with Crippen LogP contribution in [0.1, 0.15) is 37.8 Å². The van der Waals surface area contributed by atoms with E-state index in [4.69, 9.17) is 9.47 Å². The summed E-state index contributed by atoms with van der Waals surface area (Å²) in [4.78, 5) is 0. The molecule has 0 amide bonds. The molecule has 0 aliphatic carbocycles. The maximum Gasteiger partial charge on any atom is 0.141 e. The molecule has 0 aromatic heterocycles. The van der Waals surface area contributed by atoms with Crippen LogP contribution in [0.2, 0.25) is 0 Å². The van der Waals surface area contributed by atoms with Crippen molar-refractivity contribution in [2.45, 2.75) is 38.3 Å². The van der Waals surface area contributed by atoms with Crippen LogP contribution < -0.4 is 10.1 Å². The van der Waals surface area contributed by atoms with Crippen molar-refractivity contribution < 1.29 is 13.9 Å². The van der Waals surface area contributed by atoms with E-state index in [1.54, 1.807) is 13.2 Å². The van der Waals surface area contributed by atoms with Crippen LogP contribution in [0.15, 0.2) is 16.6 Å². The van der Waals surface area contributed by atoms with Gasteiger partial charge in [0.15, 0.2) is 0 Å². The van der Waals surface area contributed by atoms with Crippen molar-refractivity contribution >= 4 is 15.9 Å². The second-order valence-electron chi connectivity index (χ2n) is 4.99. The Morgan fingerprint density at radius 2 is 2.35 bits per heavy atom. The second kappa shape index (κ2) is 7.38. The van der Waals surface area contributed by atoms with Crippen LogP contribution in [-0.2, 0) is 4.74 Å². The van der Waals surface area contributed by atoms with Gasteiger partial charge in [-0.25, -0.2) is 4.39 Å². The highest BCUT2D eigenvalue weighted by atomic mass is 79.9. The summed E-state index contributed by atoms with van der Waals surface area (Å²) in [7, 11) is 1.57. The maximum atomic E-state index is 13.6. The second-order valence-corrected chi connectivity index (χ2v) is 5.84. The van der Waals surface area contributed by atoms with E-state index in [9.17, 15) is 4.39 Å². The van der Waals surface area contributed by atoms with Gasteiger partial charge in [0.1, 0.15) is 11.6 Å². The number of hydrogen-bond acceptors (Lipinski definition) is 3. The molecule has 2 rings (SSSR count). The van der Waals surface area contributed by atoms with Crippen LogP contribution in [0.3, 0.4) is 0 Å². The van der Waals surface area contributed by atoms with Gasteiger partial charge in [-0.05, 0) is 47.8 Å². The van der Waals surface area contributed by atoms with Gasteiger partial charge in [0.25, 0.3) is 0 Å². The van der Waals surface area contributed by atoms with E-state index in [0.29, 0.717) is 10.2 Å². The lowest BCUT2D eigenvalue weighted by atomic mass is 9.98. The van der Waals surface area contributed by atoms with Crippen molar-refractivity contribution in [1.82, 2.24) is 5.32 Å². The van der Waals surface area contributed by atoms with Crippen molar-refractivity contribution in [1.29, 1.82) is 0 Å². The number of ether oxygens (including phenoxy) is 2. The standard InChI is InChI=1S/C15H21BrFNO2/c1-3-18-14(7-10-5-4-6-20-10)11-8-12(16)13(17)9-15(11)19-2/h8-10,14,18H,3-7H2,1-2H3. The Morgan fingerprint density at radius 1 is 1.55 bits per heavy atom. The van der Waals surface area contributed by atoms with Crippen molar-refractivity contribution in [2.24, 2.45) is 0 Å². The fraction of sp³-hybridized carbons (Fsp3) is 0.600. The van der Waals surface area contributed by atoms with Crippen molar-refractivity contribution in [3.63, 3.8) is 0 Å². The molecule has 2 unspecified atom stereocenters. The molecule has 1 aliphatic heterocycles. The van der Waals surface area contributed by atoms with E-state index in [1.807, 2.05) is 0 Å². The van der Waals surface area contributed by atoms with Crippen LogP contribution in [0, 0.1) is 5.82 Å². The van der Waals surface area contributed by atoms with Gasteiger partial charge in [-0.1, -0.05) is 6.92 Å². The summed E-state index contributed by atoms with van der Waals surface area (Å²) in [6.45, 7) is 3.75. The normalized spacial score (nSPS) is 20.1. The predicted octanol–water partition coefficient (Wildman–Crippen LogP) is 3.82. The van der Waals surface area contributed by atoms with Gasteiger partial charge in [-0.3, -0.25) is 0 Å². The van der Waals surface area contributed by atoms with Gasteiger partial charge in [0.05, 0.1) is 17.7 Å². The number of nitrogens with one attached hydrogen (secondary N) is 1. The van der Waals surface area contributed by atoms with Crippen LogP contribution in [0.4, 0.5) is 4.39 Å². The zero-order chi connectivity index (χ0) is 14.5. The Labute approximate surface area is 128 Å². The molecule has 0 spiro atoms. The number of methoxy groups -OCH3 is 1. The molecule has 1 saturated heterocycles. The third-order valence-corrected chi connectivity index (χ3v) is 4.23. The first-order valence-electron chi connectivity index (χ1n) is 7.03. The molecule has 2 atom stereocenters. The lowest BCUT2D eigenvalue weighted by Crippen LogP contribution is -2.25. The van der Waals surface area contributed by atoms with Gasteiger partial charge in [0.2, 0.25) is 0 Å². The summed E-state index contributed by atoms with van der Waals surface area (Å²) < 4.78 is 25.1. The minimum absolute atomic E-state index is 0.106.